The largest absolute Gasteiger partial charge is 0.494 e. The Morgan fingerprint density at radius 3 is 2.41 bits per heavy atom. The summed E-state index contributed by atoms with van der Waals surface area (Å²) in [7, 11) is 0. The maximum absolute atomic E-state index is 13.0. The lowest BCUT2D eigenvalue weighted by Gasteiger charge is -2.20. The summed E-state index contributed by atoms with van der Waals surface area (Å²) in [5.74, 6) is 3.42. The molecule has 7 heteroatoms. The van der Waals surface area contributed by atoms with Gasteiger partial charge in [-0.25, -0.2) is 0 Å². The van der Waals surface area contributed by atoms with Gasteiger partial charge in [0.1, 0.15) is 23.0 Å². The van der Waals surface area contributed by atoms with Crippen LogP contribution < -0.4 is 14.2 Å². The van der Waals surface area contributed by atoms with Gasteiger partial charge in [0.25, 0.3) is 5.91 Å². The van der Waals surface area contributed by atoms with E-state index < -0.39 is 0 Å². The second-order valence-corrected chi connectivity index (χ2v) is 11.4. The van der Waals surface area contributed by atoms with E-state index in [1.54, 1.807) is 0 Å². The van der Waals surface area contributed by atoms with Gasteiger partial charge in [-0.2, -0.15) is 0 Å². The average Bonchev–Trinajstić information content (AvgIpc) is 3.36. The predicted octanol–water partition coefficient (Wildman–Crippen LogP) is 8.04. The molecule has 2 aliphatic rings. The van der Waals surface area contributed by atoms with Crippen LogP contribution in [-0.4, -0.2) is 42.8 Å². The molecular formula is C32H35IN2O4. The Morgan fingerprint density at radius 1 is 0.897 bits per heavy atom. The highest BCUT2D eigenvalue weighted by molar-refractivity contribution is 14.1. The molecule has 39 heavy (non-hydrogen) atoms. The summed E-state index contributed by atoms with van der Waals surface area (Å²) in [6.07, 6.45) is 8.07. The van der Waals surface area contributed by atoms with Crippen LogP contribution >= 0.6 is 22.6 Å². The van der Waals surface area contributed by atoms with Crippen molar-refractivity contribution in [1.82, 2.24) is 4.90 Å². The number of nitrogens with zero attached hydrogens (tertiary/aromatic N) is 2. The Labute approximate surface area is 244 Å². The van der Waals surface area contributed by atoms with Crippen molar-refractivity contribution in [1.29, 1.82) is 0 Å². The van der Waals surface area contributed by atoms with E-state index in [0.29, 0.717) is 18.8 Å². The first kappa shape index (κ1) is 27.5. The van der Waals surface area contributed by atoms with Crippen molar-refractivity contribution in [3.8, 4) is 23.0 Å². The highest BCUT2D eigenvalue weighted by Crippen LogP contribution is 2.34. The molecule has 0 aliphatic carbocycles. The summed E-state index contributed by atoms with van der Waals surface area (Å²) in [6, 6.07) is 18.0. The maximum Gasteiger partial charge on any atom is 0.256 e. The molecule has 0 bridgehead atoms. The molecule has 0 spiro atoms. The number of hydrogen-bond acceptors (Lipinski definition) is 5. The molecule has 6 nitrogen and oxygen atoms in total. The number of fused-ring (bicyclic) bond motifs is 2. The minimum absolute atomic E-state index is 0.0862. The van der Waals surface area contributed by atoms with Crippen molar-refractivity contribution in [2.75, 3.05) is 19.8 Å². The van der Waals surface area contributed by atoms with Crippen LogP contribution in [0.3, 0.4) is 0 Å². The Kier molecular flexibility index (Phi) is 9.06. The van der Waals surface area contributed by atoms with Crippen molar-refractivity contribution >= 4 is 40.4 Å². The zero-order chi connectivity index (χ0) is 27.2. The second-order valence-electron chi connectivity index (χ2n) is 10.2. The number of unbranched alkanes of at least 4 members (excludes halogenated alkanes) is 3. The molecule has 2 heterocycles. The molecule has 1 atom stereocenters. The first-order chi connectivity index (χ1) is 19.0. The molecule has 2 aliphatic heterocycles. The van der Waals surface area contributed by atoms with Crippen LogP contribution in [0.2, 0.25) is 0 Å². The molecule has 0 unspecified atom stereocenters. The first-order valence-electron chi connectivity index (χ1n) is 13.8. The topological polar surface area (TPSA) is 60.4 Å². The molecule has 3 aromatic carbocycles. The summed E-state index contributed by atoms with van der Waals surface area (Å²) in [4.78, 5) is 19.5. The van der Waals surface area contributed by atoms with Gasteiger partial charge in [0.2, 0.25) is 0 Å². The summed E-state index contributed by atoms with van der Waals surface area (Å²) in [6.45, 7) is 6.20. The Balaban J connectivity index is 1.01. The maximum atomic E-state index is 13.0. The van der Waals surface area contributed by atoms with Crippen molar-refractivity contribution in [2.24, 2.45) is 4.99 Å². The Morgan fingerprint density at radius 2 is 1.64 bits per heavy atom. The fraction of sp³-hybridized carbons (Fsp3) is 0.375. The van der Waals surface area contributed by atoms with Gasteiger partial charge < -0.3 is 19.1 Å². The fourth-order valence-corrected chi connectivity index (χ4v) is 5.55. The lowest BCUT2D eigenvalue weighted by molar-refractivity contribution is 0.0774. The lowest BCUT2D eigenvalue weighted by Crippen LogP contribution is -2.35. The lowest BCUT2D eigenvalue weighted by atomic mass is 10.1. The third-order valence-corrected chi connectivity index (χ3v) is 8.03. The third kappa shape index (κ3) is 6.93. The van der Waals surface area contributed by atoms with Crippen LogP contribution in [-0.2, 0) is 0 Å². The van der Waals surface area contributed by atoms with E-state index >= 15 is 0 Å². The van der Waals surface area contributed by atoms with Crippen molar-refractivity contribution < 1.29 is 19.0 Å². The van der Waals surface area contributed by atoms with E-state index in [-0.39, 0.29) is 11.9 Å². The minimum atomic E-state index is 0.0862. The highest BCUT2D eigenvalue weighted by Gasteiger charge is 2.32. The van der Waals surface area contributed by atoms with Gasteiger partial charge in [-0.3, -0.25) is 9.79 Å². The number of carbonyl (C=O) groups is 1. The van der Waals surface area contributed by atoms with E-state index in [9.17, 15) is 4.79 Å². The van der Waals surface area contributed by atoms with E-state index in [0.717, 1.165) is 82.9 Å². The van der Waals surface area contributed by atoms with Gasteiger partial charge in [0, 0.05) is 18.8 Å². The number of rotatable bonds is 11. The van der Waals surface area contributed by atoms with Crippen molar-refractivity contribution in [3.63, 3.8) is 0 Å². The summed E-state index contributed by atoms with van der Waals surface area (Å²) in [5.41, 5.74) is 3.59. The number of aryl methyl sites for hydroxylation is 2. The fourth-order valence-electron chi connectivity index (χ4n) is 4.95. The normalized spacial score (nSPS) is 16.0. The van der Waals surface area contributed by atoms with E-state index in [2.05, 4.69) is 34.5 Å². The molecule has 0 aromatic heterocycles. The van der Waals surface area contributed by atoms with E-state index in [1.807, 2.05) is 72.6 Å². The summed E-state index contributed by atoms with van der Waals surface area (Å²) >= 11 is 2.29. The number of amides is 1. The molecule has 1 saturated heterocycles. The molecule has 0 radical (unpaired) electrons. The number of ether oxygens (including phenoxy) is 3. The number of benzene rings is 3. The van der Waals surface area contributed by atoms with Gasteiger partial charge in [0.05, 0.1) is 34.1 Å². The molecule has 0 saturated carbocycles. The van der Waals surface area contributed by atoms with Crippen LogP contribution in [0, 0.1) is 17.4 Å². The van der Waals surface area contributed by atoms with Crippen LogP contribution in [0.5, 0.6) is 23.0 Å². The van der Waals surface area contributed by atoms with Crippen LogP contribution in [0.1, 0.15) is 60.0 Å². The van der Waals surface area contributed by atoms with Gasteiger partial charge in [-0.15, -0.1) is 0 Å². The molecule has 1 amide bonds. The number of aliphatic imine (C=N–C) groups is 1. The zero-order valence-electron chi connectivity index (χ0n) is 22.6. The third-order valence-electron chi connectivity index (χ3n) is 7.19. The number of carbonyl (C=O) groups excluding carboxylic acids is 1. The van der Waals surface area contributed by atoms with Gasteiger partial charge in [0.15, 0.2) is 0 Å². The molecule has 1 fully saturated rings. The molecular weight excluding hydrogens is 603 g/mol. The van der Waals surface area contributed by atoms with Gasteiger partial charge in [-0.05, 0) is 117 Å². The highest BCUT2D eigenvalue weighted by atomic mass is 127. The minimum Gasteiger partial charge on any atom is -0.494 e. The second kappa shape index (κ2) is 12.9. The SMILES string of the molecule is Cc1ccc(Oc2ccc(OCCCCCCOc3cc4c(cc3C)C(=O)N3CCC[C@H]3C=N4)cc2I)cc1. The first-order valence-corrected chi connectivity index (χ1v) is 14.9. The summed E-state index contributed by atoms with van der Waals surface area (Å²) < 4.78 is 19.1. The van der Waals surface area contributed by atoms with Crippen LogP contribution in [0.4, 0.5) is 5.69 Å². The molecule has 3 aromatic rings. The Bertz CT molecular complexity index is 1340. The standard InChI is InChI=1S/C32H35IN2O4/c1-22-9-11-25(12-10-22)39-30-14-13-26(19-28(30)33)37-16-5-3-4-6-17-38-31-20-29-27(18-23(31)2)32(36)35-15-7-8-24(35)21-34-29/h9-14,18-21,24H,3-8,15-17H2,1-2H3/t24-/m0/s1. The van der Waals surface area contributed by atoms with Crippen molar-refractivity contribution in [3.05, 3.63) is 74.9 Å². The van der Waals surface area contributed by atoms with Gasteiger partial charge in [-0.1, -0.05) is 17.7 Å². The monoisotopic (exact) mass is 638 g/mol. The zero-order valence-corrected chi connectivity index (χ0v) is 24.8. The smallest absolute Gasteiger partial charge is 0.256 e. The van der Waals surface area contributed by atoms with Crippen LogP contribution in [0.15, 0.2) is 59.6 Å². The predicted molar refractivity (Wildman–Crippen MR) is 163 cm³/mol. The van der Waals surface area contributed by atoms with Crippen molar-refractivity contribution in [2.45, 2.75) is 58.4 Å². The summed E-state index contributed by atoms with van der Waals surface area (Å²) in [5, 5.41) is 0. The number of hydrogen-bond donors (Lipinski definition) is 0. The van der Waals surface area contributed by atoms with Gasteiger partial charge >= 0.3 is 0 Å². The quantitative estimate of drug-likeness (QED) is 0.158. The average molecular weight is 639 g/mol. The number of halogens is 1. The van der Waals surface area contributed by atoms with E-state index in [4.69, 9.17) is 14.2 Å². The molecule has 0 N–H and O–H groups in total. The molecule has 204 valence electrons. The van der Waals surface area contributed by atoms with E-state index in [1.165, 1.54) is 5.56 Å². The van der Waals surface area contributed by atoms with Crippen LogP contribution in [0.25, 0.3) is 0 Å². The molecule has 5 rings (SSSR count). The Hall–Kier alpha value is -3.07.